The molecule has 3 amide bonds. The van der Waals surface area contributed by atoms with Gasteiger partial charge in [0.25, 0.3) is 5.91 Å². The lowest BCUT2D eigenvalue weighted by atomic mass is 9.83. The van der Waals surface area contributed by atoms with Gasteiger partial charge in [0.2, 0.25) is 5.91 Å². The van der Waals surface area contributed by atoms with Crippen LogP contribution in [0.1, 0.15) is 56.0 Å². The minimum absolute atomic E-state index is 0.122. The fraction of sp³-hybridized carbons (Fsp3) is 0.379. The van der Waals surface area contributed by atoms with Gasteiger partial charge in [-0.1, -0.05) is 24.3 Å². The highest BCUT2D eigenvalue weighted by Crippen LogP contribution is 2.28. The number of nitrogens with zero attached hydrogens (tertiary/aromatic N) is 2. The number of hydrogen-bond acceptors (Lipinski definition) is 7. The van der Waals surface area contributed by atoms with E-state index >= 15 is 0 Å². The number of fused-ring (bicyclic) bond motifs is 1. The average Bonchev–Trinajstić information content (AvgIpc) is 2.91. The van der Waals surface area contributed by atoms with Crippen LogP contribution in [0.2, 0.25) is 0 Å². The third-order valence-corrected chi connectivity index (χ3v) is 6.59. The molecular weight excluding hydrogens is 500 g/mol. The molecule has 206 valence electrons. The standard InChI is InChI=1S/C29H34N4O6/c1-28(2,3)39-27(36)33-16-13-29(14-17-33,18-25(34)32-37)31-26(35)21-10-8-20(9-11-21)19-38-24-12-15-30-23-7-5-4-6-22(23)24/h4-12,15,37H,13-14,16-19H2,1-3H3,(H,31,35)(H,32,34). The van der Waals surface area contributed by atoms with E-state index in [4.69, 9.17) is 14.7 Å². The van der Waals surface area contributed by atoms with Gasteiger partial charge >= 0.3 is 6.09 Å². The van der Waals surface area contributed by atoms with Crippen LogP contribution >= 0.6 is 0 Å². The highest BCUT2D eigenvalue weighted by atomic mass is 16.6. The number of rotatable bonds is 7. The highest BCUT2D eigenvalue weighted by Gasteiger charge is 2.40. The monoisotopic (exact) mass is 534 g/mol. The maximum atomic E-state index is 13.2. The number of para-hydroxylation sites is 1. The number of carbonyl (C=O) groups excluding carboxylic acids is 3. The van der Waals surface area contributed by atoms with Crippen molar-refractivity contribution >= 4 is 28.8 Å². The van der Waals surface area contributed by atoms with Crippen molar-refractivity contribution < 1.29 is 29.1 Å². The molecule has 2 aromatic carbocycles. The van der Waals surface area contributed by atoms with Gasteiger partial charge in [-0.2, -0.15) is 0 Å². The highest BCUT2D eigenvalue weighted by molar-refractivity contribution is 5.95. The number of nitrogens with one attached hydrogen (secondary N) is 2. The lowest BCUT2D eigenvalue weighted by Gasteiger charge is -2.42. The number of pyridine rings is 1. The first kappa shape index (κ1) is 27.8. The topological polar surface area (TPSA) is 130 Å². The Bertz CT molecular complexity index is 1320. The van der Waals surface area contributed by atoms with Crippen molar-refractivity contribution in [1.29, 1.82) is 0 Å². The Morgan fingerprint density at radius 1 is 1.03 bits per heavy atom. The van der Waals surface area contributed by atoms with Gasteiger partial charge in [0.1, 0.15) is 18.0 Å². The lowest BCUT2D eigenvalue weighted by Crippen LogP contribution is -2.58. The minimum Gasteiger partial charge on any atom is -0.488 e. The van der Waals surface area contributed by atoms with Crippen molar-refractivity contribution in [2.24, 2.45) is 0 Å². The van der Waals surface area contributed by atoms with E-state index in [9.17, 15) is 14.4 Å². The predicted octanol–water partition coefficient (Wildman–Crippen LogP) is 4.21. The molecule has 1 aliphatic rings. The lowest BCUT2D eigenvalue weighted by molar-refractivity contribution is -0.131. The zero-order valence-electron chi connectivity index (χ0n) is 22.4. The molecule has 1 aliphatic heterocycles. The summed E-state index contributed by atoms with van der Waals surface area (Å²) in [6.45, 7) is 6.30. The Balaban J connectivity index is 1.39. The zero-order valence-corrected chi connectivity index (χ0v) is 22.4. The molecule has 0 radical (unpaired) electrons. The van der Waals surface area contributed by atoms with Gasteiger partial charge in [0.05, 0.1) is 17.5 Å². The third-order valence-electron chi connectivity index (χ3n) is 6.59. The van der Waals surface area contributed by atoms with E-state index in [-0.39, 0.29) is 12.3 Å². The first-order chi connectivity index (χ1) is 18.6. The number of likely N-dealkylation sites (tertiary alicyclic amines) is 1. The molecule has 0 spiro atoms. The maximum absolute atomic E-state index is 13.2. The van der Waals surface area contributed by atoms with Crippen LogP contribution in [0.25, 0.3) is 10.9 Å². The summed E-state index contributed by atoms with van der Waals surface area (Å²) in [6.07, 6.45) is 1.81. The summed E-state index contributed by atoms with van der Waals surface area (Å²) in [5.74, 6) is -0.236. The molecule has 0 aliphatic carbocycles. The molecule has 39 heavy (non-hydrogen) atoms. The number of benzene rings is 2. The third kappa shape index (κ3) is 7.23. The SMILES string of the molecule is CC(C)(C)OC(=O)N1CCC(CC(=O)NO)(NC(=O)c2ccc(COc3ccnc4ccccc34)cc2)CC1. The molecule has 10 heteroatoms. The van der Waals surface area contributed by atoms with Crippen LogP contribution in [0.5, 0.6) is 5.75 Å². The van der Waals surface area contributed by atoms with E-state index < -0.39 is 23.1 Å². The van der Waals surface area contributed by atoms with Gasteiger partial charge in [0, 0.05) is 30.2 Å². The second kappa shape index (κ2) is 11.7. The maximum Gasteiger partial charge on any atom is 0.410 e. The van der Waals surface area contributed by atoms with Crippen molar-refractivity contribution in [3.63, 3.8) is 0 Å². The van der Waals surface area contributed by atoms with Crippen molar-refractivity contribution in [2.75, 3.05) is 13.1 Å². The number of hydroxylamine groups is 1. The molecule has 4 rings (SSSR count). The number of hydrogen-bond donors (Lipinski definition) is 3. The second-order valence-electron chi connectivity index (χ2n) is 10.7. The summed E-state index contributed by atoms with van der Waals surface area (Å²) in [5.41, 5.74) is 2.25. The Labute approximate surface area is 227 Å². The van der Waals surface area contributed by atoms with Crippen molar-refractivity contribution in [1.82, 2.24) is 20.7 Å². The van der Waals surface area contributed by atoms with Crippen LogP contribution in [-0.2, 0) is 16.1 Å². The van der Waals surface area contributed by atoms with E-state index in [0.717, 1.165) is 22.2 Å². The van der Waals surface area contributed by atoms with E-state index in [2.05, 4.69) is 10.3 Å². The van der Waals surface area contributed by atoms with Crippen LogP contribution < -0.4 is 15.5 Å². The Morgan fingerprint density at radius 3 is 2.38 bits per heavy atom. The molecule has 1 fully saturated rings. The summed E-state index contributed by atoms with van der Waals surface area (Å²) >= 11 is 0. The van der Waals surface area contributed by atoms with Crippen molar-refractivity contribution in [3.8, 4) is 5.75 Å². The molecular formula is C29H34N4O6. The average molecular weight is 535 g/mol. The smallest absolute Gasteiger partial charge is 0.410 e. The summed E-state index contributed by atoms with van der Waals surface area (Å²) in [4.78, 5) is 43.6. The number of aromatic nitrogens is 1. The van der Waals surface area contributed by atoms with Crippen LogP contribution in [0.4, 0.5) is 4.79 Å². The molecule has 0 saturated carbocycles. The second-order valence-corrected chi connectivity index (χ2v) is 10.7. The predicted molar refractivity (Wildman–Crippen MR) is 144 cm³/mol. The molecule has 0 unspecified atom stereocenters. The zero-order chi connectivity index (χ0) is 28.0. The van der Waals surface area contributed by atoms with Crippen LogP contribution in [0.3, 0.4) is 0 Å². The molecule has 3 aromatic rings. The van der Waals surface area contributed by atoms with Crippen LogP contribution in [-0.4, -0.2) is 57.2 Å². The van der Waals surface area contributed by atoms with Crippen LogP contribution in [0, 0.1) is 0 Å². The van der Waals surface area contributed by atoms with Gasteiger partial charge in [-0.3, -0.25) is 19.8 Å². The summed E-state index contributed by atoms with van der Waals surface area (Å²) in [5, 5.41) is 13.0. The van der Waals surface area contributed by atoms with Crippen molar-refractivity contribution in [2.45, 2.75) is 57.8 Å². The fourth-order valence-corrected chi connectivity index (χ4v) is 4.56. The Morgan fingerprint density at radius 2 is 1.72 bits per heavy atom. The Kier molecular flexibility index (Phi) is 8.35. The fourth-order valence-electron chi connectivity index (χ4n) is 4.56. The number of ether oxygens (including phenoxy) is 2. The molecule has 0 atom stereocenters. The molecule has 10 nitrogen and oxygen atoms in total. The number of piperidine rings is 1. The van der Waals surface area contributed by atoms with Crippen molar-refractivity contribution in [3.05, 3.63) is 71.9 Å². The van der Waals surface area contributed by atoms with Gasteiger partial charge < -0.3 is 19.7 Å². The first-order valence-corrected chi connectivity index (χ1v) is 12.9. The van der Waals surface area contributed by atoms with E-state index in [1.807, 2.05) is 42.5 Å². The minimum atomic E-state index is -0.924. The quantitative estimate of drug-likeness (QED) is 0.306. The number of amides is 3. The molecule has 0 bridgehead atoms. The summed E-state index contributed by atoms with van der Waals surface area (Å²) in [7, 11) is 0. The molecule has 1 aromatic heterocycles. The van der Waals surface area contributed by atoms with E-state index in [0.29, 0.717) is 38.1 Å². The van der Waals surface area contributed by atoms with Gasteiger partial charge in [-0.05, 0) is 69.5 Å². The normalized spacial score (nSPS) is 14.9. The Hall–Kier alpha value is -4.18. The summed E-state index contributed by atoms with van der Waals surface area (Å²) < 4.78 is 11.5. The van der Waals surface area contributed by atoms with Gasteiger partial charge in [-0.25, -0.2) is 10.3 Å². The van der Waals surface area contributed by atoms with E-state index in [1.165, 1.54) is 0 Å². The van der Waals surface area contributed by atoms with Gasteiger partial charge in [0.15, 0.2) is 0 Å². The summed E-state index contributed by atoms with van der Waals surface area (Å²) in [6, 6.07) is 16.6. The molecule has 3 N–H and O–H groups in total. The first-order valence-electron chi connectivity index (χ1n) is 12.9. The van der Waals surface area contributed by atoms with E-state index in [1.54, 1.807) is 49.5 Å². The number of carbonyl (C=O) groups is 3. The molecule has 2 heterocycles. The van der Waals surface area contributed by atoms with Gasteiger partial charge in [-0.15, -0.1) is 0 Å². The molecule has 1 saturated heterocycles. The largest absolute Gasteiger partial charge is 0.488 e. The van der Waals surface area contributed by atoms with Crippen LogP contribution in [0.15, 0.2) is 60.8 Å².